The smallest absolute Gasteiger partial charge is 0.337 e. The van der Waals surface area contributed by atoms with Gasteiger partial charge in [0.25, 0.3) is 0 Å². The molecule has 11 heteroatoms. The maximum Gasteiger partial charge on any atom is 0.337 e. The monoisotopic (exact) mass is 541 g/mol. The van der Waals surface area contributed by atoms with E-state index >= 15 is 0 Å². The Hall–Kier alpha value is -3.32. The van der Waals surface area contributed by atoms with Crippen LogP contribution in [0.2, 0.25) is 0 Å². The largest absolute Gasteiger partial charge is 0.471 e. The number of pyridine rings is 1. The third-order valence-electron chi connectivity index (χ3n) is 7.66. The molecule has 1 fully saturated rings. The topological polar surface area (TPSA) is 155 Å². The zero-order chi connectivity index (χ0) is 27.8. The van der Waals surface area contributed by atoms with E-state index in [2.05, 4.69) is 11.6 Å². The molecule has 0 bridgehead atoms. The Balaban J connectivity index is 1.51. The van der Waals surface area contributed by atoms with Crippen molar-refractivity contribution < 1.29 is 48.7 Å². The highest BCUT2D eigenvalue weighted by atomic mass is 16.8. The zero-order valence-corrected chi connectivity index (χ0v) is 21.6. The lowest BCUT2D eigenvalue weighted by atomic mass is 9.80. The van der Waals surface area contributed by atoms with Crippen molar-refractivity contribution in [1.29, 1.82) is 0 Å². The average Bonchev–Trinajstić information content (AvgIpc) is 3.33. The average molecular weight is 542 g/mol. The molecule has 1 saturated heterocycles. The molecule has 3 aromatic rings. The Bertz CT molecular complexity index is 1400. The summed E-state index contributed by atoms with van der Waals surface area (Å²) in [4.78, 5) is 16.3. The SMILES string of the molecule is C=C[C@H]1[C@H](O[C@@H]2O[C@H](CO)[C@@H](O)[C@H](O)[C@H]2O)OC=C(C(=O)OC)[C@H]1Cc1c2[nH]c3ccccc3c2cc[n+]1C. The molecule has 1 aromatic carbocycles. The highest BCUT2D eigenvalue weighted by molar-refractivity contribution is 6.07. The molecule has 0 unspecified atom stereocenters. The standard InChI is InChI=1S/C28H32N2O9/c1-4-14-17(11-20-22-16(9-10-30(20)2)15-7-5-6-8-19(15)29-22)18(26(35)36-3)13-37-27(14)39-28-25(34)24(33)23(32)21(12-31)38-28/h4-10,13-14,17,21,23-25,27-28,31-34H,1,11-12H2,2-3H3/p+1/t14-,17+,21-,23-,24+,25-,27+,28+/m1/s1. The molecule has 208 valence electrons. The minimum absolute atomic E-state index is 0.282. The summed E-state index contributed by atoms with van der Waals surface area (Å²) in [5.41, 5.74) is 3.11. The maximum atomic E-state index is 12.8. The van der Waals surface area contributed by atoms with E-state index in [0.717, 1.165) is 27.5 Å². The number of aliphatic hydroxyl groups excluding tert-OH is 4. The van der Waals surface area contributed by atoms with Gasteiger partial charge in [-0.05, 0) is 6.07 Å². The predicted molar refractivity (Wildman–Crippen MR) is 138 cm³/mol. The summed E-state index contributed by atoms with van der Waals surface area (Å²) in [6, 6.07) is 10.0. The quantitative estimate of drug-likeness (QED) is 0.162. The Morgan fingerprint density at radius 2 is 1.90 bits per heavy atom. The van der Waals surface area contributed by atoms with Gasteiger partial charge in [-0.15, -0.1) is 6.58 Å². The predicted octanol–water partition coefficient (Wildman–Crippen LogP) is 0.336. The fraction of sp³-hybridized carbons (Fsp3) is 0.429. The molecular weight excluding hydrogens is 508 g/mol. The van der Waals surface area contributed by atoms with E-state index in [9.17, 15) is 25.2 Å². The van der Waals surface area contributed by atoms with Crippen molar-refractivity contribution >= 4 is 27.8 Å². The minimum atomic E-state index is -1.61. The van der Waals surface area contributed by atoms with E-state index < -0.39 is 61.4 Å². The van der Waals surface area contributed by atoms with Crippen LogP contribution >= 0.6 is 0 Å². The summed E-state index contributed by atoms with van der Waals surface area (Å²) >= 11 is 0. The van der Waals surface area contributed by atoms with Crippen molar-refractivity contribution in [2.75, 3.05) is 13.7 Å². The van der Waals surface area contributed by atoms with Gasteiger partial charge in [0.15, 0.2) is 12.5 Å². The number of aromatic amines is 1. The number of nitrogens with zero attached hydrogens (tertiary/aromatic N) is 1. The molecule has 0 aliphatic carbocycles. The highest BCUT2D eigenvalue weighted by Crippen LogP contribution is 2.38. The summed E-state index contributed by atoms with van der Waals surface area (Å²) in [5.74, 6) is -1.69. The number of rotatable bonds is 7. The Labute approximate surface area is 224 Å². The third-order valence-corrected chi connectivity index (χ3v) is 7.66. The second-order valence-corrected chi connectivity index (χ2v) is 9.86. The van der Waals surface area contributed by atoms with Crippen LogP contribution in [-0.2, 0) is 37.2 Å². The highest BCUT2D eigenvalue weighted by Gasteiger charge is 2.48. The van der Waals surface area contributed by atoms with Gasteiger partial charge in [-0.3, -0.25) is 0 Å². The molecule has 0 spiro atoms. The van der Waals surface area contributed by atoms with Gasteiger partial charge >= 0.3 is 5.97 Å². The van der Waals surface area contributed by atoms with Gasteiger partial charge in [-0.2, -0.15) is 0 Å². The van der Waals surface area contributed by atoms with Crippen molar-refractivity contribution in [3.05, 3.63) is 66.7 Å². The third kappa shape index (κ3) is 4.82. The van der Waals surface area contributed by atoms with Gasteiger partial charge in [0.05, 0.1) is 25.6 Å². The molecule has 0 amide bonds. The number of carbonyl (C=O) groups is 1. The van der Waals surface area contributed by atoms with Crippen molar-refractivity contribution in [2.45, 2.75) is 43.4 Å². The van der Waals surface area contributed by atoms with Crippen molar-refractivity contribution in [1.82, 2.24) is 4.98 Å². The van der Waals surface area contributed by atoms with Crippen LogP contribution in [0, 0.1) is 11.8 Å². The van der Waals surface area contributed by atoms with Crippen LogP contribution < -0.4 is 4.57 Å². The van der Waals surface area contributed by atoms with E-state index in [1.165, 1.54) is 13.4 Å². The van der Waals surface area contributed by atoms with Crippen LogP contribution in [0.25, 0.3) is 21.8 Å². The number of ether oxygens (including phenoxy) is 4. The number of para-hydroxylation sites is 1. The van der Waals surface area contributed by atoms with Crippen LogP contribution in [-0.4, -0.2) is 82.1 Å². The molecule has 2 aliphatic rings. The number of hydrogen-bond donors (Lipinski definition) is 5. The first kappa shape index (κ1) is 27.3. The lowest BCUT2D eigenvalue weighted by Gasteiger charge is -2.42. The van der Waals surface area contributed by atoms with Gasteiger partial charge in [0.1, 0.15) is 37.0 Å². The summed E-state index contributed by atoms with van der Waals surface area (Å²) < 4.78 is 24.2. The number of H-pyrrole nitrogens is 1. The summed E-state index contributed by atoms with van der Waals surface area (Å²) in [6.07, 6.45) is -3.18. The van der Waals surface area contributed by atoms with Gasteiger partial charge in [-0.25, -0.2) is 9.36 Å². The Morgan fingerprint density at radius 3 is 2.62 bits per heavy atom. The lowest BCUT2D eigenvalue weighted by molar-refractivity contribution is -0.678. The van der Waals surface area contributed by atoms with Crippen LogP contribution in [0.15, 0.2) is 61.0 Å². The van der Waals surface area contributed by atoms with Crippen LogP contribution in [0.4, 0.5) is 0 Å². The van der Waals surface area contributed by atoms with E-state index in [-0.39, 0.29) is 5.57 Å². The van der Waals surface area contributed by atoms with Gasteiger partial charge in [-0.1, -0.05) is 24.3 Å². The molecule has 2 aromatic heterocycles. The summed E-state index contributed by atoms with van der Waals surface area (Å²) in [7, 11) is 3.21. The molecular formula is C28H33N2O9+. The number of aryl methyl sites for hydroxylation is 1. The van der Waals surface area contributed by atoms with Crippen molar-refractivity contribution in [3.8, 4) is 0 Å². The maximum absolute atomic E-state index is 12.8. The number of nitrogens with one attached hydrogen (secondary N) is 1. The number of hydrogen-bond acceptors (Lipinski definition) is 9. The van der Waals surface area contributed by atoms with E-state index in [1.54, 1.807) is 6.08 Å². The van der Waals surface area contributed by atoms with E-state index in [1.807, 2.05) is 48.1 Å². The molecule has 4 heterocycles. The number of carbonyl (C=O) groups excluding carboxylic acids is 1. The first-order valence-corrected chi connectivity index (χ1v) is 12.7. The second-order valence-electron chi connectivity index (χ2n) is 9.86. The van der Waals surface area contributed by atoms with Crippen LogP contribution in [0.5, 0.6) is 0 Å². The van der Waals surface area contributed by atoms with Crippen molar-refractivity contribution in [2.24, 2.45) is 18.9 Å². The first-order chi connectivity index (χ1) is 18.8. The summed E-state index contributed by atoms with van der Waals surface area (Å²) in [6.45, 7) is 3.35. The summed E-state index contributed by atoms with van der Waals surface area (Å²) in [5, 5.41) is 42.5. The lowest BCUT2D eigenvalue weighted by Crippen LogP contribution is -2.60. The van der Waals surface area contributed by atoms with Crippen LogP contribution in [0.3, 0.4) is 0 Å². The molecule has 5 N–H and O–H groups in total. The normalized spacial score (nSPS) is 31.1. The zero-order valence-electron chi connectivity index (χ0n) is 21.6. The van der Waals surface area contributed by atoms with Gasteiger partial charge < -0.3 is 44.4 Å². The molecule has 11 nitrogen and oxygen atoms in total. The van der Waals surface area contributed by atoms with E-state index in [0.29, 0.717) is 6.42 Å². The van der Waals surface area contributed by atoms with Gasteiger partial charge in [0.2, 0.25) is 12.0 Å². The number of esters is 1. The first-order valence-electron chi connectivity index (χ1n) is 12.7. The Kier molecular flexibility index (Phi) is 7.72. The number of aromatic nitrogens is 2. The number of benzene rings is 1. The molecule has 5 rings (SSSR count). The fourth-order valence-corrected chi connectivity index (χ4v) is 5.46. The van der Waals surface area contributed by atoms with Gasteiger partial charge in [0, 0.05) is 40.6 Å². The second kappa shape index (κ2) is 11.0. The molecule has 39 heavy (non-hydrogen) atoms. The number of aliphatic hydroxyl groups is 4. The Morgan fingerprint density at radius 1 is 1.13 bits per heavy atom. The fourth-order valence-electron chi connectivity index (χ4n) is 5.46. The number of methoxy groups -OCH3 is 1. The van der Waals surface area contributed by atoms with Crippen molar-refractivity contribution in [3.63, 3.8) is 0 Å². The van der Waals surface area contributed by atoms with Crippen LogP contribution in [0.1, 0.15) is 5.69 Å². The number of fused-ring (bicyclic) bond motifs is 3. The molecule has 0 saturated carbocycles. The molecule has 2 aliphatic heterocycles. The minimum Gasteiger partial charge on any atom is -0.471 e. The van der Waals surface area contributed by atoms with E-state index in [4.69, 9.17) is 18.9 Å². The molecule has 8 atom stereocenters. The molecule has 0 radical (unpaired) electrons.